The zero-order valence-electron chi connectivity index (χ0n) is 14.2. The van der Waals surface area contributed by atoms with Gasteiger partial charge < -0.3 is 19.7 Å². The molecular weight excluding hydrogens is 342 g/mol. The number of halogens is 1. The monoisotopic (exact) mass is 361 g/mol. The molecular formula is C19H20ClNO4. The van der Waals surface area contributed by atoms with Crippen molar-refractivity contribution in [2.24, 2.45) is 0 Å². The fourth-order valence-corrected chi connectivity index (χ4v) is 4.30. The summed E-state index contributed by atoms with van der Waals surface area (Å²) in [5, 5.41) is 21.3. The van der Waals surface area contributed by atoms with Crippen LogP contribution in [0.5, 0.6) is 23.0 Å². The SMILES string of the molecule is COc1cc2c(cc1O)[C@H]1Cc3c(Cl)cc(OC)c(O)c3CN1CC2. The second-order valence-electron chi connectivity index (χ2n) is 6.53. The Balaban J connectivity index is 1.80. The van der Waals surface area contributed by atoms with E-state index in [0.29, 0.717) is 29.5 Å². The lowest BCUT2D eigenvalue weighted by molar-refractivity contribution is 0.157. The van der Waals surface area contributed by atoms with Gasteiger partial charge in [0.25, 0.3) is 0 Å². The molecule has 2 N–H and O–H groups in total. The Bertz CT molecular complexity index is 852. The van der Waals surface area contributed by atoms with Crippen LogP contribution in [0.1, 0.15) is 28.3 Å². The number of rotatable bonds is 2. The summed E-state index contributed by atoms with van der Waals surface area (Å²) in [6.07, 6.45) is 1.56. The van der Waals surface area contributed by atoms with Crippen LogP contribution in [0.3, 0.4) is 0 Å². The first-order valence-corrected chi connectivity index (χ1v) is 8.62. The highest BCUT2D eigenvalue weighted by Gasteiger charge is 2.35. The third-order valence-electron chi connectivity index (χ3n) is 5.32. The van der Waals surface area contributed by atoms with Crippen molar-refractivity contribution in [2.75, 3.05) is 20.8 Å². The Morgan fingerprint density at radius 3 is 2.56 bits per heavy atom. The maximum atomic E-state index is 10.5. The number of hydrogen-bond donors (Lipinski definition) is 2. The minimum Gasteiger partial charge on any atom is -0.504 e. The molecule has 5 nitrogen and oxygen atoms in total. The zero-order valence-corrected chi connectivity index (χ0v) is 14.9. The molecule has 25 heavy (non-hydrogen) atoms. The molecule has 4 rings (SSSR count). The molecule has 0 amide bonds. The maximum absolute atomic E-state index is 10.5. The molecule has 0 aromatic heterocycles. The van der Waals surface area contributed by atoms with E-state index in [-0.39, 0.29) is 17.5 Å². The summed E-state index contributed by atoms with van der Waals surface area (Å²) < 4.78 is 10.5. The van der Waals surface area contributed by atoms with Gasteiger partial charge in [-0.25, -0.2) is 0 Å². The second kappa shape index (κ2) is 6.00. The van der Waals surface area contributed by atoms with Crippen LogP contribution in [0.2, 0.25) is 5.02 Å². The minimum atomic E-state index is 0.123. The predicted octanol–water partition coefficient (Wildman–Crippen LogP) is 3.42. The quantitative estimate of drug-likeness (QED) is 0.858. The molecule has 0 fully saturated rings. The molecule has 0 bridgehead atoms. The van der Waals surface area contributed by atoms with Crippen LogP contribution in [-0.2, 0) is 19.4 Å². The van der Waals surface area contributed by atoms with E-state index in [0.717, 1.165) is 29.7 Å². The van der Waals surface area contributed by atoms with Crippen molar-refractivity contribution in [2.45, 2.75) is 25.4 Å². The van der Waals surface area contributed by atoms with Gasteiger partial charge in [-0.15, -0.1) is 0 Å². The summed E-state index contributed by atoms with van der Waals surface area (Å²) in [6.45, 7) is 1.48. The smallest absolute Gasteiger partial charge is 0.162 e. The van der Waals surface area contributed by atoms with Gasteiger partial charge in [0.1, 0.15) is 0 Å². The molecule has 0 saturated carbocycles. The topological polar surface area (TPSA) is 62.2 Å². The van der Waals surface area contributed by atoms with Crippen LogP contribution in [0, 0.1) is 0 Å². The van der Waals surface area contributed by atoms with E-state index in [1.165, 1.54) is 12.7 Å². The van der Waals surface area contributed by atoms with Gasteiger partial charge in [0.05, 0.1) is 14.2 Å². The Morgan fingerprint density at radius 2 is 1.84 bits per heavy atom. The molecule has 6 heteroatoms. The lowest BCUT2D eigenvalue weighted by atomic mass is 9.83. The van der Waals surface area contributed by atoms with Gasteiger partial charge in [-0.1, -0.05) is 11.6 Å². The molecule has 2 heterocycles. The second-order valence-corrected chi connectivity index (χ2v) is 6.94. The lowest BCUT2D eigenvalue weighted by Crippen LogP contribution is -2.39. The van der Waals surface area contributed by atoms with Gasteiger partial charge in [-0.2, -0.15) is 0 Å². The Hall–Kier alpha value is -2.11. The van der Waals surface area contributed by atoms with Gasteiger partial charge in [0.15, 0.2) is 23.0 Å². The van der Waals surface area contributed by atoms with Crippen LogP contribution in [0.25, 0.3) is 0 Å². The Morgan fingerprint density at radius 1 is 1.08 bits per heavy atom. The van der Waals surface area contributed by atoms with Crippen LogP contribution in [-0.4, -0.2) is 35.9 Å². The maximum Gasteiger partial charge on any atom is 0.162 e. The van der Waals surface area contributed by atoms with Crippen molar-refractivity contribution in [1.82, 2.24) is 4.90 Å². The van der Waals surface area contributed by atoms with Crippen LogP contribution in [0.4, 0.5) is 0 Å². The van der Waals surface area contributed by atoms with Crippen LogP contribution in [0.15, 0.2) is 18.2 Å². The highest BCUT2D eigenvalue weighted by molar-refractivity contribution is 6.31. The van der Waals surface area contributed by atoms with Gasteiger partial charge >= 0.3 is 0 Å². The summed E-state index contributed by atoms with van der Waals surface area (Å²) in [6, 6.07) is 5.51. The molecule has 2 aromatic carbocycles. The number of nitrogens with zero attached hydrogens (tertiary/aromatic N) is 1. The first-order valence-electron chi connectivity index (χ1n) is 8.24. The molecule has 0 saturated heterocycles. The minimum absolute atomic E-state index is 0.123. The normalized spacial score (nSPS) is 18.9. The van der Waals surface area contributed by atoms with E-state index in [9.17, 15) is 10.2 Å². The summed E-state index contributed by atoms with van der Waals surface area (Å²) in [7, 11) is 3.08. The molecule has 0 spiro atoms. The van der Waals surface area contributed by atoms with Crippen molar-refractivity contribution in [1.29, 1.82) is 0 Å². The number of benzene rings is 2. The van der Waals surface area contributed by atoms with Gasteiger partial charge in [-0.05, 0) is 41.7 Å². The molecule has 2 aliphatic rings. The van der Waals surface area contributed by atoms with E-state index in [4.69, 9.17) is 21.1 Å². The number of ether oxygens (including phenoxy) is 2. The number of hydrogen-bond acceptors (Lipinski definition) is 5. The molecule has 2 aromatic rings. The van der Waals surface area contributed by atoms with Crippen molar-refractivity contribution >= 4 is 11.6 Å². The number of aromatic hydroxyl groups is 2. The fraction of sp³-hybridized carbons (Fsp3) is 0.368. The van der Waals surface area contributed by atoms with E-state index in [1.54, 1.807) is 19.2 Å². The molecule has 132 valence electrons. The van der Waals surface area contributed by atoms with Crippen molar-refractivity contribution in [3.8, 4) is 23.0 Å². The van der Waals surface area contributed by atoms with Gasteiger partial charge in [0, 0.05) is 35.8 Å². The van der Waals surface area contributed by atoms with E-state index in [2.05, 4.69) is 4.90 Å². The van der Waals surface area contributed by atoms with Gasteiger partial charge in [-0.3, -0.25) is 4.90 Å². The molecule has 0 unspecified atom stereocenters. The van der Waals surface area contributed by atoms with Crippen molar-refractivity contribution < 1.29 is 19.7 Å². The zero-order chi connectivity index (χ0) is 17.7. The summed E-state index contributed by atoms with van der Waals surface area (Å²) in [4.78, 5) is 2.31. The first kappa shape index (κ1) is 16.4. The molecule has 0 radical (unpaired) electrons. The van der Waals surface area contributed by atoms with E-state index >= 15 is 0 Å². The largest absolute Gasteiger partial charge is 0.504 e. The Kier molecular flexibility index (Phi) is 3.93. The predicted molar refractivity (Wildman–Crippen MR) is 94.9 cm³/mol. The highest BCUT2D eigenvalue weighted by atomic mass is 35.5. The number of methoxy groups -OCH3 is 2. The molecule has 0 aliphatic carbocycles. The van der Waals surface area contributed by atoms with E-state index in [1.807, 2.05) is 6.07 Å². The number of fused-ring (bicyclic) bond motifs is 4. The third-order valence-corrected chi connectivity index (χ3v) is 5.65. The Labute approximate surface area is 151 Å². The highest BCUT2D eigenvalue weighted by Crippen LogP contribution is 2.47. The summed E-state index contributed by atoms with van der Waals surface area (Å²) in [5.74, 6) is 1.23. The van der Waals surface area contributed by atoms with Gasteiger partial charge in [0.2, 0.25) is 0 Å². The van der Waals surface area contributed by atoms with Crippen molar-refractivity contribution in [3.63, 3.8) is 0 Å². The number of phenolic OH excluding ortho intramolecular Hbond substituents is 2. The van der Waals surface area contributed by atoms with Crippen molar-refractivity contribution in [3.05, 3.63) is 45.5 Å². The molecule has 1 atom stereocenters. The first-order chi connectivity index (χ1) is 12.0. The standard InChI is InChI=1S/C19H20ClNO4/c1-24-17-5-10-3-4-21-9-13-12(6-15(21)11(10)7-16(17)22)14(20)8-18(25-2)19(13)23/h5,7-8,15,22-23H,3-4,6,9H2,1-2H3/t15-/m1/s1. The van der Waals surface area contributed by atoms with Crippen LogP contribution < -0.4 is 9.47 Å². The summed E-state index contributed by atoms with van der Waals surface area (Å²) >= 11 is 6.46. The lowest BCUT2D eigenvalue weighted by Gasteiger charge is -2.42. The average molecular weight is 362 g/mol. The molecule has 2 aliphatic heterocycles. The van der Waals surface area contributed by atoms with Crippen LogP contribution >= 0.6 is 11.6 Å². The average Bonchev–Trinajstić information content (AvgIpc) is 2.63. The number of phenols is 2. The van der Waals surface area contributed by atoms with E-state index < -0.39 is 0 Å². The fourth-order valence-electron chi connectivity index (χ4n) is 4.01. The third kappa shape index (κ3) is 2.50. The summed E-state index contributed by atoms with van der Waals surface area (Å²) in [5.41, 5.74) is 4.07.